The van der Waals surface area contributed by atoms with Gasteiger partial charge in [-0.2, -0.15) is 0 Å². The van der Waals surface area contributed by atoms with E-state index in [2.05, 4.69) is 34.7 Å². The molecule has 112 valence electrons. The Morgan fingerprint density at radius 3 is 3.10 bits per heavy atom. The summed E-state index contributed by atoms with van der Waals surface area (Å²) in [5.41, 5.74) is 2.23. The highest BCUT2D eigenvalue weighted by Crippen LogP contribution is 2.18. The molecule has 21 heavy (non-hydrogen) atoms. The van der Waals surface area contributed by atoms with Crippen molar-refractivity contribution >= 4 is 0 Å². The summed E-state index contributed by atoms with van der Waals surface area (Å²) < 4.78 is 7.62. The second-order valence-electron chi connectivity index (χ2n) is 5.65. The molecule has 5 nitrogen and oxygen atoms in total. The Morgan fingerprint density at radius 2 is 2.29 bits per heavy atom. The minimum Gasteiger partial charge on any atom is -0.494 e. The number of rotatable bonds is 8. The Labute approximate surface area is 125 Å². The Bertz CT molecular complexity index is 577. The zero-order valence-corrected chi connectivity index (χ0v) is 12.5. The molecule has 0 aliphatic heterocycles. The minimum atomic E-state index is 0.693. The summed E-state index contributed by atoms with van der Waals surface area (Å²) in [4.78, 5) is 0. The Hall–Kier alpha value is -1.88. The molecule has 1 aliphatic rings. The summed E-state index contributed by atoms with van der Waals surface area (Å²) in [5.74, 6) is 0.933. The molecule has 1 heterocycles. The molecule has 0 amide bonds. The lowest BCUT2D eigenvalue weighted by atomic mass is 10.2. The van der Waals surface area contributed by atoms with Crippen LogP contribution in [0.1, 0.15) is 30.5 Å². The summed E-state index contributed by atoms with van der Waals surface area (Å²) in [6, 6.07) is 8.83. The van der Waals surface area contributed by atoms with Gasteiger partial charge in [0.15, 0.2) is 0 Å². The third kappa shape index (κ3) is 4.56. The molecule has 0 radical (unpaired) electrons. The van der Waals surface area contributed by atoms with E-state index in [9.17, 15) is 0 Å². The molecule has 1 N–H and O–H groups in total. The third-order valence-corrected chi connectivity index (χ3v) is 3.53. The Morgan fingerprint density at radius 1 is 1.38 bits per heavy atom. The van der Waals surface area contributed by atoms with Crippen LogP contribution in [0.3, 0.4) is 0 Å². The van der Waals surface area contributed by atoms with Crippen molar-refractivity contribution in [2.75, 3.05) is 6.61 Å². The van der Waals surface area contributed by atoms with E-state index in [0.29, 0.717) is 12.6 Å². The van der Waals surface area contributed by atoms with Gasteiger partial charge in [0, 0.05) is 31.7 Å². The average molecular weight is 286 g/mol. The highest BCUT2D eigenvalue weighted by Gasteiger charge is 2.20. The fourth-order valence-electron chi connectivity index (χ4n) is 2.19. The van der Waals surface area contributed by atoms with Crippen LogP contribution in [0.2, 0.25) is 0 Å². The van der Waals surface area contributed by atoms with Crippen molar-refractivity contribution in [1.82, 2.24) is 20.3 Å². The molecule has 1 fully saturated rings. The molecule has 3 rings (SSSR count). The molecule has 0 spiro atoms. The van der Waals surface area contributed by atoms with E-state index in [1.807, 2.05) is 23.0 Å². The van der Waals surface area contributed by atoms with Crippen molar-refractivity contribution in [1.29, 1.82) is 0 Å². The lowest BCUT2D eigenvalue weighted by Crippen LogP contribution is -2.15. The van der Waals surface area contributed by atoms with Gasteiger partial charge in [0.05, 0.1) is 12.3 Å². The first-order valence-electron chi connectivity index (χ1n) is 7.61. The van der Waals surface area contributed by atoms with Crippen molar-refractivity contribution in [3.63, 3.8) is 0 Å². The van der Waals surface area contributed by atoms with Gasteiger partial charge in [-0.1, -0.05) is 17.3 Å². The molecular formula is C16H22N4O. The van der Waals surface area contributed by atoms with Gasteiger partial charge in [-0.15, -0.1) is 5.10 Å². The molecule has 5 heteroatoms. The third-order valence-electron chi connectivity index (χ3n) is 3.53. The summed E-state index contributed by atoms with van der Waals surface area (Å²) in [5, 5.41) is 11.8. The van der Waals surface area contributed by atoms with E-state index in [0.717, 1.165) is 31.0 Å². The van der Waals surface area contributed by atoms with Gasteiger partial charge in [-0.25, -0.2) is 0 Å². The highest BCUT2D eigenvalue weighted by molar-refractivity contribution is 5.27. The van der Waals surface area contributed by atoms with Crippen molar-refractivity contribution < 1.29 is 4.74 Å². The summed E-state index contributed by atoms with van der Waals surface area (Å²) in [7, 11) is 0. The Balaban J connectivity index is 1.36. The van der Waals surface area contributed by atoms with Crippen molar-refractivity contribution in [2.45, 2.75) is 45.3 Å². The van der Waals surface area contributed by atoms with Crippen LogP contribution >= 0.6 is 0 Å². The SMILES string of the molecule is Cc1cccc(OCCCn2cc(CNC3CC3)nn2)c1. The second-order valence-corrected chi connectivity index (χ2v) is 5.65. The number of nitrogens with zero attached hydrogens (tertiary/aromatic N) is 3. The first-order valence-corrected chi connectivity index (χ1v) is 7.61. The number of hydrogen-bond acceptors (Lipinski definition) is 4. The van der Waals surface area contributed by atoms with Gasteiger partial charge >= 0.3 is 0 Å². The molecule has 0 saturated heterocycles. The Kier molecular flexibility index (Phi) is 4.50. The predicted molar refractivity (Wildman–Crippen MR) is 81.2 cm³/mol. The zero-order valence-electron chi connectivity index (χ0n) is 12.5. The number of benzene rings is 1. The van der Waals surface area contributed by atoms with Crippen molar-refractivity contribution in [3.8, 4) is 5.75 Å². The van der Waals surface area contributed by atoms with Gasteiger partial charge in [-0.3, -0.25) is 4.68 Å². The monoisotopic (exact) mass is 286 g/mol. The summed E-state index contributed by atoms with van der Waals surface area (Å²) in [6.07, 6.45) is 5.53. The van der Waals surface area contributed by atoms with Crippen LogP contribution in [0.25, 0.3) is 0 Å². The lowest BCUT2D eigenvalue weighted by Gasteiger charge is -2.06. The van der Waals surface area contributed by atoms with E-state index in [1.54, 1.807) is 0 Å². The van der Waals surface area contributed by atoms with Crippen LogP contribution in [-0.2, 0) is 13.1 Å². The predicted octanol–water partition coefficient (Wildman–Crippen LogP) is 2.31. The topological polar surface area (TPSA) is 52.0 Å². The zero-order chi connectivity index (χ0) is 14.5. The van der Waals surface area contributed by atoms with Crippen LogP contribution in [0.4, 0.5) is 0 Å². The van der Waals surface area contributed by atoms with Crippen LogP contribution in [0.15, 0.2) is 30.5 Å². The maximum atomic E-state index is 5.73. The molecule has 1 saturated carbocycles. The van der Waals surface area contributed by atoms with E-state index in [-0.39, 0.29) is 0 Å². The molecular weight excluding hydrogens is 264 g/mol. The standard InChI is InChI=1S/C16H22N4O/c1-13-4-2-5-16(10-13)21-9-3-8-20-12-15(18-19-20)11-17-14-6-7-14/h2,4-5,10,12,14,17H,3,6-9,11H2,1H3. The number of ether oxygens (including phenoxy) is 1. The molecule has 1 aromatic carbocycles. The van der Waals surface area contributed by atoms with Crippen LogP contribution in [0.5, 0.6) is 5.75 Å². The maximum Gasteiger partial charge on any atom is 0.119 e. The molecule has 1 aromatic heterocycles. The number of aromatic nitrogens is 3. The average Bonchev–Trinajstić information content (AvgIpc) is 3.20. The number of aryl methyl sites for hydroxylation is 2. The molecule has 0 unspecified atom stereocenters. The smallest absolute Gasteiger partial charge is 0.119 e. The lowest BCUT2D eigenvalue weighted by molar-refractivity contribution is 0.298. The molecule has 2 aromatic rings. The second kappa shape index (κ2) is 6.72. The van der Waals surface area contributed by atoms with Gasteiger partial charge in [0.1, 0.15) is 5.75 Å². The van der Waals surface area contributed by atoms with Gasteiger partial charge in [0.2, 0.25) is 0 Å². The van der Waals surface area contributed by atoms with E-state index in [1.165, 1.54) is 18.4 Å². The highest BCUT2D eigenvalue weighted by atomic mass is 16.5. The van der Waals surface area contributed by atoms with Crippen LogP contribution in [0, 0.1) is 6.92 Å². The minimum absolute atomic E-state index is 0.693. The first kappa shape index (κ1) is 14.1. The van der Waals surface area contributed by atoms with E-state index < -0.39 is 0 Å². The van der Waals surface area contributed by atoms with E-state index >= 15 is 0 Å². The van der Waals surface area contributed by atoms with E-state index in [4.69, 9.17) is 4.74 Å². The normalized spacial score (nSPS) is 14.3. The largest absolute Gasteiger partial charge is 0.494 e. The molecule has 1 aliphatic carbocycles. The maximum absolute atomic E-state index is 5.73. The summed E-state index contributed by atoms with van der Waals surface area (Å²) >= 11 is 0. The fraction of sp³-hybridized carbons (Fsp3) is 0.500. The van der Waals surface area contributed by atoms with Crippen molar-refractivity contribution in [2.24, 2.45) is 0 Å². The van der Waals surface area contributed by atoms with Crippen LogP contribution in [-0.4, -0.2) is 27.6 Å². The van der Waals surface area contributed by atoms with Crippen molar-refractivity contribution in [3.05, 3.63) is 41.7 Å². The fourth-order valence-corrected chi connectivity index (χ4v) is 2.19. The number of nitrogens with one attached hydrogen (secondary N) is 1. The quantitative estimate of drug-likeness (QED) is 0.757. The summed E-state index contributed by atoms with van der Waals surface area (Å²) in [6.45, 7) is 4.42. The van der Waals surface area contributed by atoms with Gasteiger partial charge in [-0.05, 0) is 37.5 Å². The molecule has 0 bridgehead atoms. The molecule has 0 atom stereocenters. The number of hydrogen-bond donors (Lipinski definition) is 1. The van der Waals surface area contributed by atoms with Crippen LogP contribution < -0.4 is 10.1 Å². The van der Waals surface area contributed by atoms with Gasteiger partial charge in [0.25, 0.3) is 0 Å². The van der Waals surface area contributed by atoms with Gasteiger partial charge < -0.3 is 10.1 Å². The first-order chi connectivity index (χ1) is 10.3.